The topological polar surface area (TPSA) is 72.6 Å². The van der Waals surface area contributed by atoms with Crippen molar-refractivity contribution in [2.24, 2.45) is 0 Å². The maximum Gasteiger partial charge on any atom is 0.223 e. The van der Waals surface area contributed by atoms with Crippen molar-refractivity contribution < 1.29 is 24.1 Å². The van der Waals surface area contributed by atoms with Gasteiger partial charge in [-0.3, -0.25) is 4.79 Å². The standard InChI is InChI=1S/C21H28N2O5/c1-6-26-13(2)27-12-15-8-10-18(24)23(15)19-16-11-14(22-5)7-9-17(16)28-21(3,4)20(19)25/h7,9,11,13,15,19-20,25H,6,8,10,12H2,1-4H3/t13?,15-,19+,20-/m0/s1. The van der Waals surface area contributed by atoms with E-state index < -0.39 is 17.7 Å². The highest BCUT2D eigenvalue weighted by Crippen LogP contribution is 2.46. The van der Waals surface area contributed by atoms with Crippen LogP contribution in [0.15, 0.2) is 18.2 Å². The third kappa shape index (κ3) is 3.86. The molecule has 1 aromatic rings. The highest BCUT2D eigenvalue weighted by molar-refractivity contribution is 5.80. The Morgan fingerprint density at radius 2 is 2.18 bits per heavy atom. The number of aliphatic hydroxyl groups excluding tert-OH is 1. The van der Waals surface area contributed by atoms with E-state index in [2.05, 4.69) is 4.85 Å². The molecule has 3 rings (SSSR count). The van der Waals surface area contributed by atoms with Gasteiger partial charge in [0, 0.05) is 18.6 Å². The predicted molar refractivity (Wildman–Crippen MR) is 103 cm³/mol. The number of carbonyl (C=O) groups is 1. The molecule has 1 saturated heterocycles. The van der Waals surface area contributed by atoms with E-state index in [4.69, 9.17) is 20.8 Å². The summed E-state index contributed by atoms with van der Waals surface area (Å²) in [4.78, 5) is 18.0. The molecule has 7 heteroatoms. The Bertz CT molecular complexity index is 773. The van der Waals surface area contributed by atoms with Crippen LogP contribution in [0.5, 0.6) is 5.75 Å². The highest BCUT2D eigenvalue weighted by atomic mass is 16.7. The Balaban J connectivity index is 1.94. The Kier molecular flexibility index (Phi) is 5.94. The quantitative estimate of drug-likeness (QED) is 0.598. The SMILES string of the molecule is [C-]#[N+]c1ccc2c(c1)[C@@H](N1C(=O)CC[C@H]1COC(C)OCC)[C@H](O)C(C)(C)O2. The van der Waals surface area contributed by atoms with Crippen LogP contribution in [0.3, 0.4) is 0 Å². The molecule has 1 unspecified atom stereocenters. The number of ether oxygens (including phenoxy) is 3. The molecule has 0 radical (unpaired) electrons. The summed E-state index contributed by atoms with van der Waals surface area (Å²) in [5, 5.41) is 11.1. The van der Waals surface area contributed by atoms with Crippen LogP contribution < -0.4 is 4.74 Å². The van der Waals surface area contributed by atoms with E-state index in [0.29, 0.717) is 43.1 Å². The Hall–Kier alpha value is -2.14. The average molecular weight is 388 g/mol. The minimum absolute atomic E-state index is 0.0291. The third-order valence-electron chi connectivity index (χ3n) is 5.42. The van der Waals surface area contributed by atoms with Gasteiger partial charge in [-0.05, 0) is 46.2 Å². The van der Waals surface area contributed by atoms with Crippen molar-refractivity contribution in [3.63, 3.8) is 0 Å². The molecule has 0 bridgehead atoms. The molecular weight excluding hydrogens is 360 g/mol. The summed E-state index contributed by atoms with van der Waals surface area (Å²) < 4.78 is 17.2. The molecule has 28 heavy (non-hydrogen) atoms. The lowest BCUT2D eigenvalue weighted by Crippen LogP contribution is -2.55. The fourth-order valence-corrected chi connectivity index (χ4v) is 3.96. The lowest BCUT2D eigenvalue weighted by atomic mass is 9.85. The zero-order valence-corrected chi connectivity index (χ0v) is 16.8. The highest BCUT2D eigenvalue weighted by Gasteiger charge is 2.49. The number of likely N-dealkylation sites (tertiary alicyclic amines) is 1. The molecule has 1 N–H and O–H groups in total. The van der Waals surface area contributed by atoms with Crippen LogP contribution in [-0.4, -0.2) is 53.2 Å². The number of aliphatic hydroxyl groups is 1. The zero-order chi connectivity index (χ0) is 20.5. The Labute approximate surface area is 166 Å². The summed E-state index contributed by atoms with van der Waals surface area (Å²) in [6, 6.07) is 4.37. The summed E-state index contributed by atoms with van der Waals surface area (Å²) >= 11 is 0. The smallest absolute Gasteiger partial charge is 0.223 e. The van der Waals surface area contributed by atoms with Crippen LogP contribution in [-0.2, 0) is 14.3 Å². The minimum atomic E-state index is -0.935. The molecule has 2 heterocycles. The number of nitrogens with zero attached hydrogens (tertiary/aromatic N) is 2. The monoisotopic (exact) mass is 388 g/mol. The van der Waals surface area contributed by atoms with Crippen LogP contribution >= 0.6 is 0 Å². The molecule has 4 atom stereocenters. The van der Waals surface area contributed by atoms with Gasteiger partial charge in [0.25, 0.3) is 0 Å². The third-order valence-corrected chi connectivity index (χ3v) is 5.42. The van der Waals surface area contributed by atoms with Crippen LogP contribution in [0, 0.1) is 6.57 Å². The zero-order valence-electron chi connectivity index (χ0n) is 16.8. The lowest BCUT2D eigenvalue weighted by Gasteiger charge is -2.47. The maximum absolute atomic E-state index is 12.8. The van der Waals surface area contributed by atoms with E-state index in [-0.39, 0.29) is 18.2 Å². The number of hydrogen-bond donors (Lipinski definition) is 1. The van der Waals surface area contributed by atoms with Crippen molar-refractivity contribution in [1.29, 1.82) is 0 Å². The van der Waals surface area contributed by atoms with Gasteiger partial charge in [0.05, 0.1) is 25.3 Å². The molecule has 2 aliphatic rings. The fraction of sp³-hybridized carbons (Fsp3) is 0.619. The van der Waals surface area contributed by atoms with E-state index in [1.54, 1.807) is 36.9 Å². The van der Waals surface area contributed by atoms with Gasteiger partial charge in [0.15, 0.2) is 12.0 Å². The molecule has 0 spiro atoms. The molecule has 1 fully saturated rings. The fourth-order valence-electron chi connectivity index (χ4n) is 3.96. The van der Waals surface area contributed by atoms with Crippen LogP contribution in [0.4, 0.5) is 5.69 Å². The first-order valence-electron chi connectivity index (χ1n) is 9.71. The van der Waals surface area contributed by atoms with Crippen LogP contribution in [0.2, 0.25) is 0 Å². The van der Waals surface area contributed by atoms with Gasteiger partial charge in [0.2, 0.25) is 5.91 Å². The molecule has 0 saturated carbocycles. The molecule has 7 nitrogen and oxygen atoms in total. The minimum Gasteiger partial charge on any atom is -0.485 e. The van der Waals surface area contributed by atoms with Gasteiger partial charge in [-0.2, -0.15) is 0 Å². The van der Waals surface area contributed by atoms with E-state index in [0.717, 1.165) is 0 Å². The second-order valence-electron chi connectivity index (χ2n) is 7.78. The van der Waals surface area contributed by atoms with Gasteiger partial charge in [-0.25, -0.2) is 4.85 Å². The van der Waals surface area contributed by atoms with Crippen molar-refractivity contribution >= 4 is 11.6 Å². The van der Waals surface area contributed by atoms with Crippen molar-refractivity contribution in [1.82, 2.24) is 4.90 Å². The molecule has 2 aliphatic heterocycles. The predicted octanol–water partition coefficient (Wildman–Crippen LogP) is 3.20. The number of benzene rings is 1. The summed E-state index contributed by atoms with van der Waals surface area (Å²) in [7, 11) is 0. The molecular formula is C21H28N2O5. The first kappa shape index (κ1) is 20.6. The van der Waals surface area contributed by atoms with Crippen molar-refractivity contribution in [2.75, 3.05) is 13.2 Å². The van der Waals surface area contributed by atoms with Gasteiger partial charge in [0.1, 0.15) is 17.5 Å². The molecule has 152 valence electrons. The van der Waals surface area contributed by atoms with Crippen LogP contribution in [0.25, 0.3) is 4.85 Å². The molecule has 0 aliphatic carbocycles. The molecule has 0 aromatic heterocycles. The van der Waals surface area contributed by atoms with Gasteiger partial charge < -0.3 is 24.2 Å². The van der Waals surface area contributed by atoms with E-state index in [1.165, 1.54) is 0 Å². The molecule has 1 aromatic carbocycles. The number of rotatable bonds is 6. The van der Waals surface area contributed by atoms with E-state index >= 15 is 0 Å². The number of amides is 1. The van der Waals surface area contributed by atoms with Gasteiger partial charge >= 0.3 is 0 Å². The van der Waals surface area contributed by atoms with Gasteiger partial charge in [-0.1, -0.05) is 6.07 Å². The van der Waals surface area contributed by atoms with Crippen molar-refractivity contribution in [3.05, 3.63) is 35.2 Å². The number of fused-ring (bicyclic) bond motifs is 1. The maximum atomic E-state index is 12.8. The lowest BCUT2D eigenvalue weighted by molar-refractivity contribution is -0.157. The first-order chi connectivity index (χ1) is 13.3. The normalized spacial score (nSPS) is 27.1. The van der Waals surface area contributed by atoms with Crippen molar-refractivity contribution in [2.45, 2.75) is 70.6 Å². The summed E-state index contributed by atoms with van der Waals surface area (Å²) in [6.07, 6.45) is -0.242. The largest absolute Gasteiger partial charge is 0.485 e. The molecule has 1 amide bonds. The summed E-state index contributed by atoms with van der Waals surface area (Å²) in [5.74, 6) is 0.563. The number of hydrogen-bond acceptors (Lipinski definition) is 5. The van der Waals surface area contributed by atoms with E-state index in [1.807, 2.05) is 13.8 Å². The average Bonchev–Trinajstić information content (AvgIpc) is 3.01. The van der Waals surface area contributed by atoms with Gasteiger partial charge in [-0.15, -0.1) is 0 Å². The summed E-state index contributed by atoms with van der Waals surface area (Å²) in [5.41, 5.74) is 0.242. The van der Waals surface area contributed by atoms with Crippen molar-refractivity contribution in [3.8, 4) is 5.75 Å². The first-order valence-corrected chi connectivity index (χ1v) is 9.71. The summed E-state index contributed by atoms with van der Waals surface area (Å²) in [6.45, 7) is 15.5. The Morgan fingerprint density at radius 1 is 1.43 bits per heavy atom. The second kappa shape index (κ2) is 8.08. The second-order valence-corrected chi connectivity index (χ2v) is 7.78. The van der Waals surface area contributed by atoms with Crippen LogP contribution in [0.1, 0.15) is 52.1 Å². The van der Waals surface area contributed by atoms with E-state index in [9.17, 15) is 9.90 Å². The number of carbonyl (C=O) groups excluding carboxylic acids is 1. The Morgan fingerprint density at radius 3 is 2.86 bits per heavy atom.